The first-order valence-electron chi connectivity index (χ1n) is 10.6. The minimum absolute atomic E-state index is 0.125. The second-order valence-electron chi connectivity index (χ2n) is 7.93. The van der Waals surface area contributed by atoms with Crippen LogP contribution in [0.1, 0.15) is 22.6 Å². The van der Waals surface area contributed by atoms with Gasteiger partial charge in [0.2, 0.25) is 5.89 Å². The van der Waals surface area contributed by atoms with Gasteiger partial charge in [-0.1, -0.05) is 12.1 Å². The second-order valence-corrected chi connectivity index (χ2v) is 7.93. The van der Waals surface area contributed by atoms with Crippen molar-refractivity contribution >= 4 is 5.97 Å². The first kappa shape index (κ1) is 23.8. The van der Waals surface area contributed by atoms with Crippen LogP contribution in [0.3, 0.4) is 0 Å². The van der Waals surface area contributed by atoms with Gasteiger partial charge in [0.1, 0.15) is 29.9 Å². The van der Waals surface area contributed by atoms with Gasteiger partial charge >= 0.3 is 12.1 Å². The van der Waals surface area contributed by atoms with Crippen LogP contribution in [0.25, 0.3) is 11.5 Å². The summed E-state index contributed by atoms with van der Waals surface area (Å²) in [6.45, 7) is 3.53. The lowest BCUT2D eigenvalue weighted by Crippen LogP contribution is -2.49. The summed E-state index contributed by atoms with van der Waals surface area (Å²) in [4.78, 5) is 17.6. The van der Waals surface area contributed by atoms with E-state index in [0.717, 1.165) is 17.7 Å². The smallest absolute Gasteiger partial charge is 0.416 e. The van der Waals surface area contributed by atoms with E-state index in [9.17, 15) is 23.1 Å². The Morgan fingerprint density at radius 2 is 1.88 bits per heavy atom. The summed E-state index contributed by atoms with van der Waals surface area (Å²) in [7, 11) is 0. The fraction of sp³-hybridized carbons (Fsp3) is 0.333. The molecule has 1 saturated heterocycles. The molecule has 2 aromatic carbocycles. The van der Waals surface area contributed by atoms with Gasteiger partial charge in [0, 0.05) is 18.7 Å². The number of alkyl halides is 3. The molecule has 1 atom stereocenters. The van der Waals surface area contributed by atoms with Gasteiger partial charge in [0.15, 0.2) is 0 Å². The van der Waals surface area contributed by atoms with E-state index in [-0.39, 0.29) is 19.1 Å². The third-order valence-electron chi connectivity index (χ3n) is 5.56. The van der Waals surface area contributed by atoms with Crippen LogP contribution < -0.4 is 4.74 Å². The third kappa shape index (κ3) is 5.57. The van der Waals surface area contributed by atoms with Crippen molar-refractivity contribution in [3.8, 4) is 17.2 Å². The van der Waals surface area contributed by atoms with Crippen LogP contribution in [0, 0.1) is 6.92 Å². The maximum absolute atomic E-state index is 12.8. The molecule has 1 aliphatic heterocycles. The topological polar surface area (TPSA) is 85.0 Å². The quantitative estimate of drug-likeness (QED) is 0.536. The van der Waals surface area contributed by atoms with Crippen molar-refractivity contribution in [2.24, 2.45) is 0 Å². The molecule has 7 nitrogen and oxygen atoms in total. The molecular formula is C24H23F3N2O5. The van der Waals surface area contributed by atoms with E-state index in [4.69, 9.17) is 13.9 Å². The number of benzene rings is 2. The highest BCUT2D eigenvalue weighted by molar-refractivity contribution is 5.73. The van der Waals surface area contributed by atoms with E-state index < -0.39 is 23.8 Å². The first-order valence-corrected chi connectivity index (χ1v) is 10.6. The van der Waals surface area contributed by atoms with Crippen molar-refractivity contribution < 1.29 is 37.0 Å². The largest absolute Gasteiger partial charge is 0.487 e. The number of morpholine rings is 1. The van der Waals surface area contributed by atoms with Gasteiger partial charge in [-0.2, -0.15) is 13.2 Å². The Labute approximate surface area is 193 Å². The van der Waals surface area contributed by atoms with Crippen molar-refractivity contribution in [2.75, 3.05) is 19.8 Å². The van der Waals surface area contributed by atoms with Gasteiger partial charge < -0.3 is 19.0 Å². The van der Waals surface area contributed by atoms with Gasteiger partial charge in [-0.25, -0.2) is 4.98 Å². The number of rotatable bonds is 7. The second kappa shape index (κ2) is 9.86. The normalized spacial score (nSPS) is 17.0. The lowest BCUT2D eigenvalue weighted by atomic mass is 10.1. The number of ether oxygens (including phenoxy) is 2. The van der Waals surface area contributed by atoms with Crippen LogP contribution in [-0.4, -0.2) is 46.8 Å². The van der Waals surface area contributed by atoms with Crippen LogP contribution in [0.2, 0.25) is 0 Å². The Hall–Kier alpha value is -3.37. The zero-order valence-electron chi connectivity index (χ0n) is 18.3. The van der Waals surface area contributed by atoms with E-state index in [2.05, 4.69) is 4.98 Å². The van der Waals surface area contributed by atoms with Crippen LogP contribution in [0.15, 0.2) is 52.9 Å². The SMILES string of the molecule is Cc1oc(-c2ccc(C(F)(F)F)cc2)nc1COc1ccc(CN2CCOCC2C(=O)O)cc1. The number of oxazole rings is 1. The monoisotopic (exact) mass is 476 g/mol. The van der Waals surface area contributed by atoms with Crippen LogP contribution in [0.4, 0.5) is 13.2 Å². The molecule has 180 valence electrons. The molecule has 1 N–H and O–H groups in total. The molecule has 3 aromatic rings. The molecule has 1 fully saturated rings. The Morgan fingerprint density at radius 1 is 1.18 bits per heavy atom. The molecule has 0 amide bonds. The minimum atomic E-state index is -4.40. The molecule has 0 spiro atoms. The maximum atomic E-state index is 12.8. The summed E-state index contributed by atoms with van der Waals surface area (Å²) >= 11 is 0. The molecule has 10 heteroatoms. The molecule has 0 saturated carbocycles. The first-order chi connectivity index (χ1) is 16.2. The van der Waals surface area contributed by atoms with Crippen molar-refractivity contribution in [2.45, 2.75) is 32.3 Å². The average molecular weight is 476 g/mol. The van der Waals surface area contributed by atoms with E-state index >= 15 is 0 Å². The van der Waals surface area contributed by atoms with E-state index in [1.54, 1.807) is 19.1 Å². The Balaban J connectivity index is 1.36. The van der Waals surface area contributed by atoms with Gasteiger partial charge in [-0.15, -0.1) is 0 Å². The number of aromatic nitrogens is 1. The molecule has 0 bridgehead atoms. The highest BCUT2D eigenvalue weighted by Gasteiger charge is 2.30. The lowest BCUT2D eigenvalue weighted by Gasteiger charge is -2.32. The molecule has 1 aliphatic rings. The van der Waals surface area contributed by atoms with Crippen molar-refractivity contribution in [1.82, 2.24) is 9.88 Å². The molecule has 0 radical (unpaired) electrons. The summed E-state index contributed by atoms with van der Waals surface area (Å²) in [5, 5.41) is 9.35. The molecular weight excluding hydrogens is 453 g/mol. The molecule has 34 heavy (non-hydrogen) atoms. The number of halogens is 3. The number of nitrogens with zero attached hydrogens (tertiary/aromatic N) is 2. The lowest BCUT2D eigenvalue weighted by molar-refractivity contribution is -0.150. The number of carboxylic acid groups (broad SMARTS) is 1. The highest BCUT2D eigenvalue weighted by atomic mass is 19.4. The number of carbonyl (C=O) groups is 1. The van der Waals surface area contributed by atoms with E-state index in [1.165, 1.54) is 12.1 Å². The summed E-state index contributed by atoms with van der Waals surface area (Å²) in [6, 6.07) is 11.3. The number of hydrogen-bond donors (Lipinski definition) is 1. The molecule has 4 rings (SSSR count). The fourth-order valence-corrected chi connectivity index (χ4v) is 3.62. The predicted octanol–water partition coefficient (Wildman–Crippen LogP) is 4.53. The van der Waals surface area contributed by atoms with E-state index in [1.807, 2.05) is 17.0 Å². The van der Waals surface area contributed by atoms with Crippen molar-refractivity contribution in [1.29, 1.82) is 0 Å². The zero-order valence-corrected chi connectivity index (χ0v) is 18.3. The van der Waals surface area contributed by atoms with E-state index in [0.29, 0.717) is 42.5 Å². The molecule has 1 aromatic heterocycles. The Bertz CT molecular complexity index is 1130. The predicted molar refractivity (Wildman–Crippen MR) is 115 cm³/mol. The van der Waals surface area contributed by atoms with Gasteiger partial charge in [-0.3, -0.25) is 9.69 Å². The van der Waals surface area contributed by atoms with Crippen LogP contribution >= 0.6 is 0 Å². The van der Waals surface area contributed by atoms with Gasteiger partial charge in [0.25, 0.3) is 0 Å². The fourth-order valence-electron chi connectivity index (χ4n) is 3.62. The maximum Gasteiger partial charge on any atom is 0.416 e. The highest BCUT2D eigenvalue weighted by Crippen LogP contribution is 2.31. The molecule has 0 aliphatic carbocycles. The molecule has 1 unspecified atom stereocenters. The standard InChI is InChI=1S/C24H23F3N2O5/c1-15-20(28-22(34-15)17-4-6-18(7-5-17)24(25,26)27)13-33-19-8-2-16(3-9-19)12-29-10-11-32-14-21(29)23(30)31/h2-9,21H,10-14H2,1H3,(H,30,31). The third-order valence-corrected chi connectivity index (χ3v) is 5.56. The summed E-state index contributed by atoms with van der Waals surface area (Å²) in [5.41, 5.74) is 1.19. The number of aliphatic carboxylic acids is 1. The number of carboxylic acids is 1. The Kier molecular flexibility index (Phi) is 6.90. The summed E-state index contributed by atoms with van der Waals surface area (Å²) in [5.74, 6) is 0.425. The Morgan fingerprint density at radius 3 is 2.53 bits per heavy atom. The van der Waals surface area contributed by atoms with Gasteiger partial charge in [-0.05, 0) is 48.9 Å². The van der Waals surface area contributed by atoms with Crippen LogP contribution in [-0.2, 0) is 28.9 Å². The van der Waals surface area contributed by atoms with Crippen LogP contribution in [0.5, 0.6) is 5.75 Å². The average Bonchev–Trinajstić information content (AvgIpc) is 3.19. The van der Waals surface area contributed by atoms with Gasteiger partial charge in [0.05, 0.1) is 18.8 Å². The summed E-state index contributed by atoms with van der Waals surface area (Å²) in [6.07, 6.45) is -4.40. The van der Waals surface area contributed by atoms with Crippen molar-refractivity contribution in [3.05, 3.63) is 71.1 Å². The number of hydrogen-bond acceptors (Lipinski definition) is 6. The number of aryl methyl sites for hydroxylation is 1. The van der Waals surface area contributed by atoms with Crippen molar-refractivity contribution in [3.63, 3.8) is 0 Å². The minimum Gasteiger partial charge on any atom is -0.487 e. The zero-order chi connectivity index (χ0) is 24.3. The molecule has 2 heterocycles. The summed E-state index contributed by atoms with van der Waals surface area (Å²) < 4.78 is 54.9.